The molecule has 1 aromatic heterocycles. The Kier molecular flexibility index (Phi) is 7.43. The molecule has 0 aliphatic heterocycles. The van der Waals surface area contributed by atoms with Crippen LogP contribution < -0.4 is 5.32 Å². The standard InChI is InChI=1S/C27H35N5O4SSi/c1-38(2,3)16-15-36-18-32-26(37(35,31-27(33)34)21-11-5-4-6-12-21)29-25(30-32)28-24-22-13-7-9-19(22)17-20-10-8-14-23(20)24/h4-6,11-12,17H,7-10,13-16,18H2,1-3H3,(H,28,30)(H,33,34). The Bertz CT molecular complexity index is 1440. The van der Waals surface area contributed by atoms with Gasteiger partial charge in [-0.2, -0.15) is 4.98 Å². The van der Waals surface area contributed by atoms with Crippen LogP contribution in [0.4, 0.5) is 16.4 Å². The molecule has 2 N–H and O–H groups in total. The van der Waals surface area contributed by atoms with Gasteiger partial charge in [-0.15, -0.1) is 9.46 Å². The maximum Gasteiger partial charge on any atom is 0.440 e. The van der Waals surface area contributed by atoms with Crippen LogP contribution in [0.2, 0.25) is 25.7 Å². The molecule has 5 rings (SSSR count). The second-order valence-electron chi connectivity index (χ2n) is 11.1. The summed E-state index contributed by atoms with van der Waals surface area (Å²) in [4.78, 5) is 16.6. The third kappa shape index (κ3) is 5.55. The summed E-state index contributed by atoms with van der Waals surface area (Å²) >= 11 is 0. The minimum Gasteiger partial charge on any atom is -0.463 e. The SMILES string of the molecule is C[Si](C)(C)CCOCn1nc(Nc2c3c(cc4c2CCC4)CCC3)nc1S(=O)(=NC(=O)O)c1ccccc1. The molecule has 1 amide bonds. The first-order valence-corrected chi connectivity index (χ1v) is 18.4. The predicted molar refractivity (Wildman–Crippen MR) is 149 cm³/mol. The average molecular weight is 554 g/mol. The van der Waals surface area contributed by atoms with Gasteiger partial charge in [0.15, 0.2) is 0 Å². The number of fused-ring (bicyclic) bond motifs is 2. The highest BCUT2D eigenvalue weighted by Gasteiger charge is 2.29. The van der Waals surface area contributed by atoms with Crippen molar-refractivity contribution in [3.63, 3.8) is 0 Å². The summed E-state index contributed by atoms with van der Waals surface area (Å²) in [5.74, 6) is 0.271. The maximum atomic E-state index is 14.3. The van der Waals surface area contributed by atoms with Crippen LogP contribution in [-0.4, -0.2) is 44.9 Å². The van der Waals surface area contributed by atoms with Crippen LogP contribution in [0, 0.1) is 0 Å². The van der Waals surface area contributed by atoms with Gasteiger partial charge in [-0.1, -0.05) is 43.9 Å². The molecule has 0 radical (unpaired) electrons. The van der Waals surface area contributed by atoms with Crippen molar-refractivity contribution >= 4 is 35.5 Å². The Morgan fingerprint density at radius 3 is 2.37 bits per heavy atom. The van der Waals surface area contributed by atoms with Crippen molar-refractivity contribution < 1.29 is 18.8 Å². The van der Waals surface area contributed by atoms with E-state index in [0.717, 1.165) is 50.3 Å². The smallest absolute Gasteiger partial charge is 0.440 e. The Balaban J connectivity index is 1.57. The van der Waals surface area contributed by atoms with E-state index in [1.54, 1.807) is 30.3 Å². The van der Waals surface area contributed by atoms with E-state index in [4.69, 9.17) is 4.74 Å². The van der Waals surface area contributed by atoms with Gasteiger partial charge in [-0.25, -0.2) is 13.7 Å². The van der Waals surface area contributed by atoms with Crippen LogP contribution in [0.15, 0.2) is 50.8 Å². The number of ether oxygens (including phenoxy) is 1. The highest BCUT2D eigenvalue weighted by Crippen LogP contribution is 2.39. The number of anilines is 2. The van der Waals surface area contributed by atoms with Crippen LogP contribution in [-0.2, 0) is 46.9 Å². The second-order valence-corrected chi connectivity index (χ2v) is 18.8. The topological polar surface area (TPSA) is 119 Å². The summed E-state index contributed by atoms with van der Waals surface area (Å²) in [5, 5.41) is 17.6. The van der Waals surface area contributed by atoms with Crippen molar-refractivity contribution in [3.05, 3.63) is 58.7 Å². The number of nitrogens with one attached hydrogen (secondary N) is 1. The molecule has 9 nitrogen and oxygen atoms in total. The zero-order valence-corrected chi connectivity index (χ0v) is 24.0. The minimum atomic E-state index is -3.63. The van der Waals surface area contributed by atoms with Gasteiger partial charge < -0.3 is 15.2 Å². The third-order valence-corrected chi connectivity index (χ3v) is 10.9. The van der Waals surface area contributed by atoms with Gasteiger partial charge in [-0.05, 0) is 79.0 Å². The summed E-state index contributed by atoms with van der Waals surface area (Å²) in [5.41, 5.74) is 6.40. The zero-order chi connectivity index (χ0) is 26.9. The van der Waals surface area contributed by atoms with Gasteiger partial charge in [0.05, 0.1) is 4.90 Å². The molecular formula is C27H35N5O4SSi. The molecule has 3 aromatic rings. The summed E-state index contributed by atoms with van der Waals surface area (Å²) in [6.45, 7) is 7.33. The number of benzene rings is 2. The van der Waals surface area contributed by atoms with Crippen molar-refractivity contribution in [2.45, 2.75) is 81.0 Å². The van der Waals surface area contributed by atoms with E-state index in [2.05, 4.69) is 45.5 Å². The molecule has 1 atom stereocenters. The van der Waals surface area contributed by atoms with E-state index in [-0.39, 0.29) is 22.7 Å². The lowest BCUT2D eigenvalue weighted by Gasteiger charge is -2.16. The maximum absolute atomic E-state index is 14.3. The lowest BCUT2D eigenvalue weighted by Crippen LogP contribution is -2.22. The van der Waals surface area contributed by atoms with Crippen LogP contribution >= 0.6 is 0 Å². The molecule has 38 heavy (non-hydrogen) atoms. The van der Waals surface area contributed by atoms with Crippen LogP contribution in [0.5, 0.6) is 0 Å². The second kappa shape index (κ2) is 10.6. The Hall–Kier alpha value is -3.02. The molecule has 2 aliphatic rings. The van der Waals surface area contributed by atoms with Gasteiger partial charge in [0.25, 0.3) is 0 Å². The number of carbonyl (C=O) groups is 1. The number of nitrogens with zero attached hydrogens (tertiary/aromatic N) is 4. The quantitative estimate of drug-likeness (QED) is 0.251. The zero-order valence-electron chi connectivity index (χ0n) is 22.2. The highest BCUT2D eigenvalue weighted by atomic mass is 32.2. The first kappa shape index (κ1) is 26.6. The molecule has 2 aliphatic carbocycles. The fraction of sp³-hybridized carbons (Fsp3) is 0.444. The number of aromatic nitrogens is 3. The van der Waals surface area contributed by atoms with Gasteiger partial charge in [0.2, 0.25) is 11.1 Å². The fourth-order valence-corrected chi connectivity index (χ4v) is 7.68. The van der Waals surface area contributed by atoms with Gasteiger partial charge in [0.1, 0.15) is 16.5 Å². The molecule has 0 bridgehead atoms. The van der Waals surface area contributed by atoms with Crippen LogP contribution in [0.1, 0.15) is 35.1 Å². The molecule has 0 saturated carbocycles. The summed E-state index contributed by atoms with van der Waals surface area (Å²) in [7, 11) is -4.95. The van der Waals surface area contributed by atoms with E-state index >= 15 is 0 Å². The monoisotopic (exact) mass is 553 g/mol. The molecule has 0 spiro atoms. The van der Waals surface area contributed by atoms with Crippen LogP contribution in [0.25, 0.3) is 0 Å². The Labute approximate surface area is 224 Å². The van der Waals surface area contributed by atoms with Gasteiger partial charge in [0, 0.05) is 20.4 Å². The van der Waals surface area contributed by atoms with Crippen molar-refractivity contribution in [2.24, 2.45) is 4.36 Å². The molecule has 0 fully saturated rings. The minimum absolute atomic E-state index is 0.00153. The van der Waals surface area contributed by atoms with Crippen LogP contribution in [0.3, 0.4) is 0 Å². The Morgan fingerprint density at radius 2 is 1.76 bits per heavy atom. The van der Waals surface area contributed by atoms with E-state index in [1.807, 2.05) is 0 Å². The van der Waals surface area contributed by atoms with Crippen molar-refractivity contribution in [2.75, 3.05) is 11.9 Å². The van der Waals surface area contributed by atoms with Crippen molar-refractivity contribution in [1.82, 2.24) is 14.8 Å². The molecule has 11 heteroatoms. The number of carboxylic acid groups (broad SMARTS) is 1. The van der Waals surface area contributed by atoms with E-state index in [0.29, 0.717) is 6.61 Å². The Morgan fingerprint density at radius 1 is 1.11 bits per heavy atom. The van der Waals surface area contributed by atoms with Crippen molar-refractivity contribution in [3.8, 4) is 0 Å². The van der Waals surface area contributed by atoms with E-state index < -0.39 is 23.9 Å². The molecule has 1 unspecified atom stereocenters. The molecule has 202 valence electrons. The fourth-order valence-electron chi connectivity index (χ4n) is 5.19. The average Bonchev–Trinajstić information content (AvgIpc) is 3.61. The van der Waals surface area contributed by atoms with Gasteiger partial charge >= 0.3 is 6.09 Å². The highest BCUT2D eigenvalue weighted by molar-refractivity contribution is 7.93. The van der Waals surface area contributed by atoms with Crippen molar-refractivity contribution in [1.29, 1.82) is 0 Å². The summed E-state index contributed by atoms with van der Waals surface area (Å²) in [6, 6.07) is 11.7. The normalized spacial score (nSPS) is 16.1. The lowest BCUT2D eigenvalue weighted by atomic mass is 9.99. The number of aryl methyl sites for hydroxylation is 2. The first-order valence-electron chi connectivity index (χ1n) is 13.2. The molecule has 2 aromatic carbocycles. The number of hydrogen-bond acceptors (Lipinski definition) is 6. The first-order chi connectivity index (χ1) is 18.1. The number of rotatable bonds is 9. The summed E-state index contributed by atoms with van der Waals surface area (Å²) in [6.07, 6.45) is 4.82. The summed E-state index contributed by atoms with van der Waals surface area (Å²) < 4.78 is 25.3. The predicted octanol–water partition coefficient (Wildman–Crippen LogP) is 5.88. The lowest BCUT2D eigenvalue weighted by molar-refractivity contribution is 0.0717. The third-order valence-electron chi connectivity index (χ3n) is 7.07. The number of amides is 1. The largest absolute Gasteiger partial charge is 0.463 e. The molecule has 1 heterocycles. The molecular weight excluding hydrogens is 518 g/mol. The van der Waals surface area contributed by atoms with Gasteiger partial charge in [-0.3, -0.25) is 0 Å². The van der Waals surface area contributed by atoms with E-state index in [1.165, 1.54) is 26.9 Å². The molecule has 0 saturated heterocycles. The van der Waals surface area contributed by atoms with E-state index in [9.17, 15) is 14.1 Å². The number of hydrogen-bond donors (Lipinski definition) is 2.